The van der Waals surface area contributed by atoms with Crippen LogP contribution >= 0.6 is 23.5 Å². The third-order valence-electron chi connectivity index (χ3n) is 3.71. The Morgan fingerprint density at radius 3 is 2.41 bits per heavy atom. The molecule has 1 saturated heterocycles. The molecule has 3 unspecified atom stereocenters. The molecule has 180 valence electrons. The van der Waals surface area contributed by atoms with Crippen LogP contribution in [-0.2, 0) is 31.6 Å². The zero-order valence-electron chi connectivity index (χ0n) is 15.7. The maximum Gasteiger partial charge on any atom is 0.490 e. The van der Waals surface area contributed by atoms with Gasteiger partial charge in [0.25, 0.3) is 0 Å². The Hall–Kier alpha value is -1.54. The smallest absolute Gasteiger partial charge is 0.387 e. The number of rotatable bonds is 8. The van der Waals surface area contributed by atoms with E-state index < -0.39 is 65.4 Å². The van der Waals surface area contributed by atoms with Gasteiger partial charge in [-0.3, -0.25) is 14.1 Å². The highest BCUT2D eigenvalue weighted by molar-refractivity contribution is 7.66. The van der Waals surface area contributed by atoms with Crippen molar-refractivity contribution in [2.24, 2.45) is 5.73 Å². The highest BCUT2D eigenvalue weighted by Crippen LogP contribution is 2.66. The molecule has 1 aromatic heterocycles. The molecule has 1 aliphatic rings. The number of aromatic amines is 1. The number of aromatic nitrogens is 3. The molecule has 8 N–H and O–H groups in total. The molecule has 1 aromatic rings. The van der Waals surface area contributed by atoms with E-state index >= 15 is 0 Å². The van der Waals surface area contributed by atoms with Crippen LogP contribution in [0.15, 0.2) is 15.9 Å². The Bertz CT molecular complexity index is 1180. The van der Waals surface area contributed by atoms with Crippen LogP contribution in [0.4, 0.5) is 0 Å². The first-order valence-electron chi connectivity index (χ1n) is 8.02. The second kappa shape index (κ2) is 9.37. The largest absolute Gasteiger partial charge is 0.490 e. The number of H-pyrrole nitrogens is 1. The average molecular weight is 522 g/mol. The number of phosphoric ester groups is 1. The Kier molecular flexibility index (Phi) is 7.82. The van der Waals surface area contributed by atoms with Gasteiger partial charge in [-0.15, -0.1) is 5.92 Å². The first kappa shape index (κ1) is 26.7. The van der Waals surface area contributed by atoms with Crippen molar-refractivity contribution in [2.45, 2.75) is 30.9 Å². The zero-order chi connectivity index (χ0) is 24.5. The van der Waals surface area contributed by atoms with Gasteiger partial charge in [0.15, 0.2) is 11.8 Å². The van der Waals surface area contributed by atoms with E-state index in [1.165, 1.54) is 6.92 Å². The lowest BCUT2D eigenvalue weighted by Crippen LogP contribution is -2.55. The Morgan fingerprint density at radius 2 is 1.88 bits per heavy atom. The second-order valence-corrected chi connectivity index (χ2v) is 10.5. The van der Waals surface area contributed by atoms with E-state index in [-0.39, 0.29) is 0 Å². The Morgan fingerprint density at radius 1 is 1.25 bits per heavy atom. The number of aliphatic hydroxyl groups excluding tert-OH is 1. The van der Waals surface area contributed by atoms with E-state index in [1.54, 1.807) is 0 Å². The fourth-order valence-corrected chi connectivity index (χ4v) is 5.61. The molecule has 6 atom stereocenters. The molecular formula is C11H17N4O14P3. The lowest BCUT2D eigenvalue weighted by Gasteiger charge is -2.27. The number of nitrogens with one attached hydrogen (secondary N) is 1. The van der Waals surface area contributed by atoms with Crippen molar-refractivity contribution in [2.75, 3.05) is 6.61 Å². The van der Waals surface area contributed by atoms with Crippen LogP contribution in [-0.4, -0.2) is 63.6 Å². The molecule has 0 aliphatic carbocycles. The molecule has 0 bridgehead atoms. The van der Waals surface area contributed by atoms with Gasteiger partial charge in [0.05, 0.1) is 6.61 Å². The number of ether oxygens (including phenoxy) is 1. The molecule has 2 heterocycles. The number of nitrogens with two attached hydrogens (primary N) is 1. The quantitative estimate of drug-likeness (QED) is 0.135. The van der Waals surface area contributed by atoms with Crippen molar-refractivity contribution in [3.8, 4) is 11.8 Å². The lowest BCUT2D eigenvalue weighted by atomic mass is 9.91. The van der Waals surface area contributed by atoms with E-state index in [1.807, 2.05) is 4.98 Å². The molecule has 18 nitrogen and oxygen atoms in total. The molecule has 21 heteroatoms. The molecule has 0 radical (unpaired) electrons. The standard InChI is InChI=1S/C11H17N4O14P3/c1-2-3-11(12)7(16)6(27-8(11)15-5-13-9(17)14-10(15)18)4-26-31(22,23)29-32(24,25)28-30(19,20)21/h5-8,16H,4,12H2,1H3,(H,22,23)(H,24,25)(H,14,17,18)(H2,19,20,21)/t6-,7?,8-,11-/m1/s1. The van der Waals surface area contributed by atoms with Crippen LogP contribution in [0.3, 0.4) is 0 Å². The van der Waals surface area contributed by atoms with Crippen LogP contribution in [0.2, 0.25) is 0 Å². The highest BCUT2D eigenvalue weighted by atomic mass is 31.3. The lowest BCUT2D eigenvalue weighted by molar-refractivity contribution is -0.0472. The van der Waals surface area contributed by atoms with Gasteiger partial charge in [-0.1, -0.05) is 5.92 Å². The van der Waals surface area contributed by atoms with E-state index in [0.717, 1.165) is 6.33 Å². The van der Waals surface area contributed by atoms with Crippen molar-refractivity contribution in [1.29, 1.82) is 0 Å². The third kappa shape index (κ3) is 6.50. The summed E-state index contributed by atoms with van der Waals surface area (Å²) < 4.78 is 51.4. The van der Waals surface area contributed by atoms with Gasteiger partial charge in [-0.25, -0.2) is 23.3 Å². The molecule has 1 fully saturated rings. The van der Waals surface area contributed by atoms with Gasteiger partial charge in [0.1, 0.15) is 18.5 Å². The topological polar surface area (TPSA) is 283 Å². The van der Waals surface area contributed by atoms with E-state index in [9.17, 15) is 33.3 Å². The molecule has 0 aromatic carbocycles. The maximum absolute atomic E-state index is 12.1. The molecule has 1 aliphatic heterocycles. The SMILES string of the molecule is CC#C[C@@]1(N)C(O)[C@@H](COP(=O)(O)OP(=O)(O)OP(=O)(O)O)O[C@H]1n1cnc(=O)[nH]c1=O. The van der Waals surface area contributed by atoms with Gasteiger partial charge < -0.3 is 35.2 Å². The second-order valence-electron chi connectivity index (χ2n) is 6.05. The van der Waals surface area contributed by atoms with Crippen molar-refractivity contribution in [1.82, 2.24) is 14.5 Å². The summed E-state index contributed by atoms with van der Waals surface area (Å²) in [5.41, 5.74) is 2.01. The highest BCUT2D eigenvalue weighted by Gasteiger charge is 2.55. The van der Waals surface area contributed by atoms with E-state index in [4.69, 9.17) is 25.2 Å². The minimum absolute atomic E-state index is 0.680. The summed E-state index contributed by atoms with van der Waals surface area (Å²) in [7, 11) is -16.9. The van der Waals surface area contributed by atoms with Gasteiger partial charge in [-0.05, 0) is 6.92 Å². The number of hydrogen-bond acceptors (Lipinski definition) is 12. The third-order valence-corrected chi connectivity index (χ3v) is 7.52. The summed E-state index contributed by atoms with van der Waals surface area (Å²) in [6, 6.07) is 0. The zero-order valence-corrected chi connectivity index (χ0v) is 18.4. The predicted octanol–water partition coefficient (Wildman–Crippen LogP) is -2.75. The van der Waals surface area contributed by atoms with Crippen LogP contribution in [0.1, 0.15) is 13.2 Å². The van der Waals surface area contributed by atoms with E-state index in [0.29, 0.717) is 4.57 Å². The van der Waals surface area contributed by atoms with Crippen molar-refractivity contribution in [3.63, 3.8) is 0 Å². The fourth-order valence-electron chi connectivity index (χ4n) is 2.58. The number of aliphatic hydroxyl groups is 1. The van der Waals surface area contributed by atoms with Crippen LogP contribution in [0.5, 0.6) is 0 Å². The van der Waals surface area contributed by atoms with Crippen molar-refractivity contribution in [3.05, 3.63) is 27.3 Å². The summed E-state index contributed by atoms with van der Waals surface area (Å²) in [6.45, 7) is 0.281. The average Bonchev–Trinajstić information content (AvgIpc) is 2.82. The van der Waals surface area contributed by atoms with Gasteiger partial charge in [0, 0.05) is 0 Å². The minimum Gasteiger partial charge on any atom is -0.387 e. The Balaban J connectivity index is 2.24. The fraction of sp³-hybridized carbons (Fsp3) is 0.545. The van der Waals surface area contributed by atoms with Gasteiger partial charge in [-0.2, -0.15) is 13.6 Å². The number of phosphoric acid groups is 3. The minimum atomic E-state index is -5.76. The molecule has 0 spiro atoms. The van der Waals surface area contributed by atoms with Crippen LogP contribution in [0.25, 0.3) is 0 Å². The number of hydrogen-bond donors (Lipinski definition) is 7. The molecule has 0 amide bonds. The maximum atomic E-state index is 12.1. The van der Waals surface area contributed by atoms with Gasteiger partial charge in [0.2, 0.25) is 0 Å². The van der Waals surface area contributed by atoms with Gasteiger partial charge >= 0.3 is 34.8 Å². The summed E-state index contributed by atoms with van der Waals surface area (Å²) in [5, 5.41) is 10.5. The molecule has 2 rings (SSSR count). The van der Waals surface area contributed by atoms with E-state index in [2.05, 4.69) is 30.0 Å². The number of nitrogens with zero attached hydrogens (tertiary/aromatic N) is 2. The predicted molar refractivity (Wildman–Crippen MR) is 99.2 cm³/mol. The van der Waals surface area contributed by atoms with Crippen LogP contribution < -0.4 is 17.1 Å². The summed E-state index contributed by atoms with van der Waals surface area (Å²) >= 11 is 0. The first-order valence-corrected chi connectivity index (χ1v) is 12.5. The van der Waals surface area contributed by atoms with Crippen molar-refractivity contribution < 1.29 is 56.3 Å². The van der Waals surface area contributed by atoms with Crippen LogP contribution in [0, 0.1) is 11.8 Å². The van der Waals surface area contributed by atoms with Crippen molar-refractivity contribution >= 4 is 23.5 Å². The normalized spacial score (nSPS) is 29.5. The molecular weight excluding hydrogens is 505 g/mol. The summed E-state index contributed by atoms with van der Waals surface area (Å²) in [5.74, 6) is 4.82. The first-order chi connectivity index (χ1) is 14.5. The Labute approximate surface area is 177 Å². The summed E-state index contributed by atoms with van der Waals surface area (Å²) in [6.07, 6.45) is -4.24. The monoisotopic (exact) mass is 522 g/mol. The summed E-state index contributed by atoms with van der Waals surface area (Å²) in [4.78, 5) is 64.0. The molecule has 32 heavy (non-hydrogen) atoms. The molecule has 0 saturated carbocycles.